The zero-order valence-corrected chi connectivity index (χ0v) is 13.1. The number of halogens is 2. The molecule has 2 aromatic rings. The molecule has 0 unspecified atom stereocenters. The first kappa shape index (κ1) is 16.2. The maximum absolute atomic E-state index is 13.2. The number of carbonyl (C=O) groups is 1. The molecule has 9 heteroatoms. The highest BCUT2D eigenvalue weighted by molar-refractivity contribution is 5.73. The van der Waals surface area contributed by atoms with Crippen LogP contribution in [0.15, 0.2) is 23.0 Å². The first-order valence-electron chi connectivity index (χ1n) is 7.54. The summed E-state index contributed by atoms with van der Waals surface area (Å²) in [5, 5.41) is 8.95. The van der Waals surface area contributed by atoms with Crippen molar-refractivity contribution in [1.29, 1.82) is 0 Å². The number of nitrogens with one attached hydrogen (secondary N) is 2. The fourth-order valence-corrected chi connectivity index (χ4v) is 2.44. The molecule has 1 saturated carbocycles. The molecular weight excluding hydrogens is 320 g/mol. The molecule has 0 aliphatic heterocycles. The average Bonchev–Trinajstić information content (AvgIpc) is 3.31. The number of hydrogen-bond acceptors (Lipinski definition) is 3. The van der Waals surface area contributed by atoms with Gasteiger partial charge in [-0.1, -0.05) is 6.07 Å². The van der Waals surface area contributed by atoms with Crippen molar-refractivity contribution in [2.75, 3.05) is 7.05 Å². The van der Waals surface area contributed by atoms with E-state index in [0.29, 0.717) is 11.4 Å². The SMILES string of the molecule is CN(Cc1ccc(F)c(F)c1)C(=O)NCc1n[nH]c(=O)n1C1CC1. The summed E-state index contributed by atoms with van der Waals surface area (Å²) in [4.78, 5) is 25.1. The highest BCUT2D eigenvalue weighted by Crippen LogP contribution is 2.33. The molecule has 3 rings (SSSR count). The van der Waals surface area contributed by atoms with E-state index >= 15 is 0 Å². The fraction of sp³-hybridized carbons (Fsp3) is 0.400. The van der Waals surface area contributed by atoms with Gasteiger partial charge in [-0.05, 0) is 30.5 Å². The largest absolute Gasteiger partial charge is 0.343 e. The minimum absolute atomic E-state index is 0.107. The molecule has 2 N–H and O–H groups in total. The van der Waals surface area contributed by atoms with Gasteiger partial charge in [-0.25, -0.2) is 23.5 Å². The van der Waals surface area contributed by atoms with Crippen molar-refractivity contribution in [3.8, 4) is 0 Å². The van der Waals surface area contributed by atoms with Gasteiger partial charge in [-0.3, -0.25) is 4.57 Å². The van der Waals surface area contributed by atoms with Crippen LogP contribution in [0, 0.1) is 11.6 Å². The second kappa shape index (κ2) is 6.42. The molecule has 1 aromatic carbocycles. The van der Waals surface area contributed by atoms with Gasteiger partial charge in [0, 0.05) is 19.6 Å². The van der Waals surface area contributed by atoms with Crippen molar-refractivity contribution in [1.82, 2.24) is 25.0 Å². The summed E-state index contributed by atoms with van der Waals surface area (Å²) in [6.07, 6.45) is 1.85. The van der Waals surface area contributed by atoms with Gasteiger partial charge in [0.1, 0.15) is 0 Å². The Morgan fingerprint density at radius 3 is 2.83 bits per heavy atom. The van der Waals surface area contributed by atoms with Crippen LogP contribution >= 0.6 is 0 Å². The van der Waals surface area contributed by atoms with Gasteiger partial charge in [0.2, 0.25) is 0 Å². The predicted molar refractivity (Wildman–Crippen MR) is 81.2 cm³/mol. The number of aromatic amines is 1. The predicted octanol–water partition coefficient (Wildman–Crippen LogP) is 1.53. The maximum atomic E-state index is 13.2. The lowest BCUT2D eigenvalue weighted by Gasteiger charge is -2.18. The molecule has 1 aromatic heterocycles. The van der Waals surface area contributed by atoms with Gasteiger partial charge in [-0.15, -0.1) is 0 Å². The summed E-state index contributed by atoms with van der Waals surface area (Å²) in [5.74, 6) is -1.41. The highest BCUT2D eigenvalue weighted by atomic mass is 19.2. The number of rotatable bonds is 5. The van der Waals surface area contributed by atoms with Crippen molar-refractivity contribution < 1.29 is 13.6 Å². The molecule has 2 amide bonds. The summed E-state index contributed by atoms with van der Waals surface area (Å²) < 4.78 is 27.6. The quantitative estimate of drug-likeness (QED) is 0.868. The topological polar surface area (TPSA) is 83.0 Å². The van der Waals surface area contributed by atoms with Crippen LogP contribution in [0.3, 0.4) is 0 Å². The number of nitrogens with zero attached hydrogens (tertiary/aromatic N) is 3. The number of urea groups is 1. The Balaban J connectivity index is 1.58. The summed E-state index contributed by atoms with van der Waals surface area (Å²) in [5.41, 5.74) is 0.193. The lowest BCUT2D eigenvalue weighted by Crippen LogP contribution is -2.37. The molecule has 1 aliphatic carbocycles. The maximum Gasteiger partial charge on any atom is 0.343 e. The fourth-order valence-electron chi connectivity index (χ4n) is 2.44. The molecule has 0 bridgehead atoms. The molecule has 7 nitrogen and oxygen atoms in total. The van der Waals surface area contributed by atoms with Gasteiger partial charge in [0.25, 0.3) is 0 Å². The van der Waals surface area contributed by atoms with Gasteiger partial charge in [-0.2, -0.15) is 5.10 Å². The third kappa shape index (κ3) is 3.44. The minimum atomic E-state index is -0.953. The van der Waals surface area contributed by atoms with Crippen LogP contribution in [-0.2, 0) is 13.1 Å². The third-order valence-corrected chi connectivity index (χ3v) is 3.84. The van der Waals surface area contributed by atoms with Crippen molar-refractivity contribution in [3.63, 3.8) is 0 Å². The number of benzene rings is 1. The van der Waals surface area contributed by atoms with Crippen LogP contribution in [0.1, 0.15) is 30.3 Å². The molecule has 1 heterocycles. The van der Waals surface area contributed by atoms with Crippen molar-refractivity contribution in [2.24, 2.45) is 0 Å². The monoisotopic (exact) mass is 337 g/mol. The van der Waals surface area contributed by atoms with E-state index in [4.69, 9.17) is 0 Å². The second-order valence-electron chi connectivity index (χ2n) is 5.81. The zero-order chi connectivity index (χ0) is 17.3. The normalized spacial score (nSPS) is 13.8. The van der Waals surface area contributed by atoms with E-state index in [2.05, 4.69) is 15.5 Å². The Hall–Kier alpha value is -2.71. The van der Waals surface area contributed by atoms with E-state index in [1.54, 1.807) is 4.57 Å². The minimum Gasteiger partial charge on any atom is -0.331 e. The molecule has 1 aliphatic rings. The highest BCUT2D eigenvalue weighted by Gasteiger charge is 2.28. The van der Waals surface area contributed by atoms with E-state index < -0.39 is 17.7 Å². The molecule has 1 fully saturated rings. The first-order chi connectivity index (χ1) is 11.5. The van der Waals surface area contributed by atoms with Crippen LogP contribution in [0.4, 0.5) is 13.6 Å². The number of amides is 2. The Morgan fingerprint density at radius 1 is 1.42 bits per heavy atom. The average molecular weight is 337 g/mol. The third-order valence-electron chi connectivity index (χ3n) is 3.84. The van der Waals surface area contributed by atoms with Crippen LogP contribution < -0.4 is 11.0 Å². The van der Waals surface area contributed by atoms with Crippen molar-refractivity contribution >= 4 is 6.03 Å². The zero-order valence-electron chi connectivity index (χ0n) is 13.1. The van der Waals surface area contributed by atoms with Crippen LogP contribution in [0.2, 0.25) is 0 Å². The molecule has 0 radical (unpaired) electrons. The lowest BCUT2D eigenvalue weighted by atomic mass is 10.2. The smallest absolute Gasteiger partial charge is 0.331 e. The van der Waals surface area contributed by atoms with Crippen molar-refractivity contribution in [2.45, 2.75) is 32.0 Å². The second-order valence-corrected chi connectivity index (χ2v) is 5.81. The molecule has 24 heavy (non-hydrogen) atoms. The van der Waals surface area contributed by atoms with E-state index in [9.17, 15) is 18.4 Å². The number of hydrogen-bond donors (Lipinski definition) is 2. The molecular formula is C15H17F2N5O2. The summed E-state index contributed by atoms with van der Waals surface area (Å²) in [6, 6.07) is 3.24. The van der Waals surface area contributed by atoms with Gasteiger partial charge >= 0.3 is 11.7 Å². The standard InChI is InChI=1S/C15H17F2N5O2/c1-21(8-9-2-5-11(16)12(17)6-9)14(23)18-7-13-19-20-15(24)22(13)10-3-4-10/h2,5-6,10H,3-4,7-8H2,1H3,(H,18,23)(H,20,24). The number of aromatic nitrogens is 3. The van der Waals surface area contributed by atoms with Crippen LogP contribution in [-0.4, -0.2) is 32.7 Å². The lowest BCUT2D eigenvalue weighted by molar-refractivity contribution is 0.206. The Bertz CT molecular complexity index is 812. The van der Waals surface area contributed by atoms with E-state index in [1.165, 1.54) is 18.0 Å². The van der Waals surface area contributed by atoms with E-state index in [-0.39, 0.29) is 24.8 Å². The van der Waals surface area contributed by atoms with E-state index in [0.717, 1.165) is 25.0 Å². The molecule has 128 valence electrons. The van der Waals surface area contributed by atoms with Crippen LogP contribution in [0.5, 0.6) is 0 Å². The first-order valence-corrected chi connectivity index (χ1v) is 7.54. The van der Waals surface area contributed by atoms with Gasteiger partial charge in [0.15, 0.2) is 17.5 Å². The van der Waals surface area contributed by atoms with Gasteiger partial charge < -0.3 is 10.2 Å². The van der Waals surface area contributed by atoms with E-state index in [1.807, 2.05) is 0 Å². The molecule has 0 saturated heterocycles. The summed E-state index contributed by atoms with van der Waals surface area (Å²) >= 11 is 0. The summed E-state index contributed by atoms with van der Waals surface area (Å²) in [7, 11) is 1.54. The molecule has 0 atom stereocenters. The Kier molecular flexibility index (Phi) is 4.32. The number of H-pyrrole nitrogens is 1. The van der Waals surface area contributed by atoms with Gasteiger partial charge in [0.05, 0.1) is 6.54 Å². The number of carbonyl (C=O) groups excluding carboxylic acids is 1. The van der Waals surface area contributed by atoms with Crippen LogP contribution in [0.25, 0.3) is 0 Å². The van der Waals surface area contributed by atoms with Crippen molar-refractivity contribution in [3.05, 3.63) is 51.7 Å². The Morgan fingerprint density at radius 2 is 2.17 bits per heavy atom. The Labute approximate surface area is 136 Å². The molecule has 0 spiro atoms. The summed E-state index contributed by atoms with van der Waals surface area (Å²) in [6.45, 7) is 0.231.